The topological polar surface area (TPSA) is 89.9 Å². The van der Waals surface area contributed by atoms with Crippen LogP contribution in [0.25, 0.3) is 0 Å². The molecular formula is C20H29FN2O4. The van der Waals surface area contributed by atoms with Gasteiger partial charge in [0.05, 0.1) is 0 Å². The van der Waals surface area contributed by atoms with E-state index in [1.807, 2.05) is 6.07 Å². The minimum atomic E-state index is -1.26. The second-order valence-electron chi connectivity index (χ2n) is 6.94. The van der Waals surface area contributed by atoms with E-state index in [1.54, 1.807) is 12.1 Å². The van der Waals surface area contributed by atoms with Gasteiger partial charge in [-0.15, -0.1) is 0 Å². The number of benzene rings is 1. The second-order valence-corrected chi connectivity index (χ2v) is 6.94. The lowest BCUT2D eigenvalue weighted by molar-refractivity contribution is -0.134. The predicted molar refractivity (Wildman–Crippen MR) is 102 cm³/mol. The third kappa shape index (κ3) is 10.5. The molecule has 1 saturated heterocycles. The van der Waals surface area contributed by atoms with Crippen LogP contribution in [-0.4, -0.2) is 52.7 Å². The Balaban J connectivity index is 0.000000387. The second kappa shape index (κ2) is 12.2. The first kappa shape index (κ1) is 22.8. The first-order chi connectivity index (χ1) is 12.8. The van der Waals surface area contributed by atoms with Gasteiger partial charge in [0, 0.05) is 31.3 Å². The van der Waals surface area contributed by atoms with Crippen LogP contribution in [0.5, 0.6) is 0 Å². The maximum absolute atomic E-state index is 13.3. The standard InChI is InChI=1S/C16H25FN2.C4H4O4/c1-13(2)11-19(16-6-8-18-9-7-16)12-14-4-3-5-15(17)10-14;5-3(6)1-2-4(7)8/h3-5,10,13,16,18H,6-9,11-12H2,1-2H3;1-2H,(H,5,6)(H,7,8). The summed E-state index contributed by atoms with van der Waals surface area (Å²) in [6.45, 7) is 8.64. The molecule has 0 amide bonds. The van der Waals surface area contributed by atoms with E-state index in [-0.39, 0.29) is 5.82 Å². The van der Waals surface area contributed by atoms with Crippen LogP contribution < -0.4 is 5.32 Å². The number of rotatable bonds is 7. The molecule has 2 rings (SSSR count). The third-order valence-electron chi connectivity index (χ3n) is 4.07. The summed E-state index contributed by atoms with van der Waals surface area (Å²) in [5.41, 5.74) is 1.08. The van der Waals surface area contributed by atoms with Gasteiger partial charge < -0.3 is 15.5 Å². The first-order valence-corrected chi connectivity index (χ1v) is 9.11. The lowest BCUT2D eigenvalue weighted by Gasteiger charge is -2.35. The fraction of sp³-hybridized carbons (Fsp3) is 0.500. The van der Waals surface area contributed by atoms with Gasteiger partial charge in [-0.25, -0.2) is 14.0 Å². The van der Waals surface area contributed by atoms with Gasteiger partial charge in [-0.1, -0.05) is 26.0 Å². The molecule has 0 aliphatic carbocycles. The number of hydrogen-bond donors (Lipinski definition) is 3. The average molecular weight is 380 g/mol. The van der Waals surface area contributed by atoms with Crippen molar-refractivity contribution >= 4 is 11.9 Å². The van der Waals surface area contributed by atoms with Crippen LogP contribution in [0.3, 0.4) is 0 Å². The minimum Gasteiger partial charge on any atom is -0.478 e. The third-order valence-corrected chi connectivity index (χ3v) is 4.07. The quantitative estimate of drug-likeness (QED) is 0.630. The Kier molecular flexibility index (Phi) is 10.3. The van der Waals surface area contributed by atoms with Crippen LogP contribution in [0.15, 0.2) is 36.4 Å². The first-order valence-electron chi connectivity index (χ1n) is 9.11. The van der Waals surface area contributed by atoms with Crippen LogP contribution >= 0.6 is 0 Å². The van der Waals surface area contributed by atoms with Crippen LogP contribution in [0, 0.1) is 11.7 Å². The normalized spacial score (nSPS) is 15.0. The Labute approximate surface area is 159 Å². The summed E-state index contributed by atoms with van der Waals surface area (Å²) in [5, 5.41) is 19.0. The van der Waals surface area contributed by atoms with Crippen LogP contribution in [0.4, 0.5) is 4.39 Å². The predicted octanol–water partition coefficient (Wildman–Crippen LogP) is 2.75. The SMILES string of the molecule is CC(C)CN(Cc1cccc(F)c1)C1CCNCC1.O=C(O)C=CC(=O)O. The molecule has 1 aliphatic rings. The summed E-state index contributed by atoms with van der Waals surface area (Å²) in [5.74, 6) is -2.00. The van der Waals surface area contributed by atoms with Crippen LogP contribution in [-0.2, 0) is 16.1 Å². The highest BCUT2D eigenvalue weighted by Gasteiger charge is 2.21. The number of nitrogens with one attached hydrogen (secondary N) is 1. The Hall–Kier alpha value is -2.25. The van der Waals surface area contributed by atoms with Crippen LogP contribution in [0.1, 0.15) is 32.3 Å². The molecule has 1 heterocycles. The Morgan fingerprint density at radius 2 is 1.81 bits per heavy atom. The molecule has 1 aromatic rings. The number of hydrogen-bond acceptors (Lipinski definition) is 4. The van der Waals surface area contributed by atoms with E-state index in [0.717, 1.165) is 31.7 Å². The summed E-state index contributed by atoms with van der Waals surface area (Å²) in [4.78, 5) is 21.6. The minimum absolute atomic E-state index is 0.132. The zero-order chi connectivity index (χ0) is 20.2. The molecule has 3 N–H and O–H groups in total. The summed E-state index contributed by atoms with van der Waals surface area (Å²) in [6, 6.07) is 7.64. The molecule has 0 spiro atoms. The molecular weight excluding hydrogens is 351 g/mol. The molecule has 150 valence electrons. The molecule has 0 saturated carbocycles. The Bertz CT molecular complexity index is 612. The van der Waals surface area contributed by atoms with Gasteiger partial charge in [-0.2, -0.15) is 0 Å². The molecule has 27 heavy (non-hydrogen) atoms. The monoisotopic (exact) mass is 380 g/mol. The molecule has 0 aromatic heterocycles. The maximum Gasteiger partial charge on any atom is 0.328 e. The number of halogens is 1. The van der Waals surface area contributed by atoms with Crippen molar-refractivity contribution < 1.29 is 24.2 Å². The summed E-state index contributed by atoms with van der Waals surface area (Å²) < 4.78 is 13.3. The summed E-state index contributed by atoms with van der Waals surface area (Å²) >= 11 is 0. The highest BCUT2D eigenvalue weighted by Crippen LogP contribution is 2.18. The fourth-order valence-electron chi connectivity index (χ4n) is 3.00. The van der Waals surface area contributed by atoms with E-state index in [1.165, 1.54) is 18.9 Å². The molecule has 0 radical (unpaired) electrons. The van der Waals surface area contributed by atoms with Crippen molar-refractivity contribution in [2.75, 3.05) is 19.6 Å². The average Bonchev–Trinajstić information content (AvgIpc) is 2.60. The van der Waals surface area contributed by atoms with Crippen molar-refractivity contribution in [1.82, 2.24) is 10.2 Å². The van der Waals surface area contributed by atoms with Gasteiger partial charge in [0.2, 0.25) is 0 Å². The molecule has 1 aliphatic heterocycles. The molecule has 7 heteroatoms. The van der Waals surface area contributed by atoms with E-state index < -0.39 is 11.9 Å². The number of piperidine rings is 1. The molecule has 0 bridgehead atoms. The number of aliphatic carboxylic acids is 2. The van der Waals surface area contributed by atoms with Gasteiger partial charge in [0.25, 0.3) is 0 Å². The highest BCUT2D eigenvalue weighted by atomic mass is 19.1. The number of carboxylic acids is 2. The van der Waals surface area contributed by atoms with E-state index in [0.29, 0.717) is 24.1 Å². The highest BCUT2D eigenvalue weighted by molar-refractivity contribution is 5.89. The number of nitrogens with zero attached hydrogens (tertiary/aromatic N) is 1. The Morgan fingerprint density at radius 1 is 1.22 bits per heavy atom. The number of carbonyl (C=O) groups is 2. The molecule has 0 unspecified atom stereocenters. The van der Waals surface area contributed by atoms with E-state index >= 15 is 0 Å². The molecule has 1 aromatic carbocycles. The summed E-state index contributed by atoms with van der Waals surface area (Å²) in [7, 11) is 0. The smallest absolute Gasteiger partial charge is 0.328 e. The maximum atomic E-state index is 13.3. The van der Waals surface area contributed by atoms with E-state index in [4.69, 9.17) is 10.2 Å². The van der Waals surface area contributed by atoms with Gasteiger partial charge >= 0.3 is 11.9 Å². The number of carboxylic acid groups (broad SMARTS) is 2. The van der Waals surface area contributed by atoms with Gasteiger partial charge in [0.1, 0.15) is 5.82 Å². The van der Waals surface area contributed by atoms with Crippen LogP contribution in [0.2, 0.25) is 0 Å². The van der Waals surface area contributed by atoms with Gasteiger partial charge in [-0.05, 0) is 49.5 Å². The van der Waals surface area contributed by atoms with Crippen molar-refractivity contribution in [3.8, 4) is 0 Å². The van der Waals surface area contributed by atoms with Crippen molar-refractivity contribution in [1.29, 1.82) is 0 Å². The van der Waals surface area contributed by atoms with Gasteiger partial charge in [-0.3, -0.25) is 4.90 Å². The zero-order valence-electron chi connectivity index (χ0n) is 15.9. The van der Waals surface area contributed by atoms with E-state index in [2.05, 4.69) is 24.1 Å². The van der Waals surface area contributed by atoms with Gasteiger partial charge in [0.15, 0.2) is 0 Å². The Morgan fingerprint density at radius 3 is 2.30 bits per heavy atom. The molecule has 0 atom stereocenters. The van der Waals surface area contributed by atoms with E-state index in [9.17, 15) is 14.0 Å². The molecule has 6 nitrogen and oxygen atoms in total. The van der Waals surface area contributed by atoms with Crippen molar-refractivity contribution in [3.63, 3.8) is 0 Å². The van der Waals surface area contributed by atoms with Crippen molar-refractivity contribution in [3.05, 3.63) is 47.8 Å². The zero-order valence-corrected chi connectivity index (χ0v) is 15.9. The molecule has 1 fully saturated rings. The largest absolute Gasteiger partial charge is 0.478 e. The van der Waals surface area contributed by atoms with Crippen molar-refractivity contribution in [2.45, 2.75) is 39.3 Å². The lowest BCUT2D eigenvalue weighted by Crippen LogP contribution is -2.44. The van der Waals surface area contributed by atoms with Crippen molar-refractivity contribution in [2.24, 2.45) is 5.92 Å². The summed E-state index contributed by atoms with van der Waals surface area (Å²) in [6.07, 6.45) is 3.51. The lowest BCUT2D eigenvalue weighted by atomic mass is 10.0. The fourth-order valence-corrected chi connectivity index (χ4v) is 3.00.